The van der Waals surface area contributed by atoms with E-state index in [-0.39, 0.29) is 71.9 Å². The summed E-state index contributed by atoms with van der Waals surface area (Å²) in [6, 6.07) is 5.08. The highest BCUT2D eigenvalue weighted by molar-refractivity contribution is 5.89. The van der Waals surface area contributed by atoms with Gasteiger partial charge in [0.2, 0.25) is 23.6 Å². The Hall–Kier alpha value is -4.90. The first-order valence-corrected chi connectivity index (χ1v) is 23.5. The number of amides is 4. The SMILES string of the molecule is C/C=C/c1ccc2n(c1=O)C[C@H]1[C@H](CO)[C@@H](C(=O)NCCN3CCCCC3)N(C(C)=O)[C@@H]21.C/C=C\c1ccc2n(c1=O)C[C@H]1[C@H](CO)[C@@H](C(=O)NCCN3CCCCC3)N(C(C)=O)[C@@H]21. The van der Waals surface area contributed by atoms with E-state index >= 15 is 0 Å². The van der Waals surface area contributed by atoms with E-state index in [0.717, 1.165) is 50.7 Å². The lowest BCUT2D eigenvalue weighted by atomic mass is 9.88. The van der Waals surface area contributed by atoms with Crippen LogP contribution >= 0.6 is 0 Å². The van der Waals surface area contributed by atoms with E-state index in [4.69, 9.17) is 0 Å². The van der Waals surface area contributed by atoms with Crippen LogP contribution in [0, 0.1) is 23.7 Å². The third kappa shape index (κ3) is 9.29. The van der Waals surface area contributed by atoms with Crippen LogP contribution in [0.3, 0.4) is 0 Å². The monoisotopic (exact) mass is 885 g/mol. The molecule has 0 radical (unpaired) electrons. The molecular weight excluding hydrogens is 817 g/mol. The van der Waals surface area contributed by atoms with E-state index in [0.29, 0.717) is 37.3 Å². The number of pyridine rings is 2. The number of carbonyl (C=O) groups excluding carboxylic acids is 4. The summed E-state index contributed by atoms with van der Waals surface area (Å²) < 4.78 is 3.40. The van der Waals surface area contributed by atoms with Crippen molar-refractivity contribution >= 4 is 35.8 Å². The van der Waals surface area contributed by atoms with Gasteiger partial charge in [0.25, 0.3) is 11.1 Å². The smallest absolute Gasteiger partial charge is 0.258 e. The summed E-state index contributed by atoms with van der Waals surface area (Å²) in [5.74, 6) is -2.04. The first kappa shape index (κ1) is 47.1. The predicted octanol–water partition coefficient (Wildman–Crippen LogP) is 1.99. The van der Waals surface area contributed by atoms with Crippen LogP contribution in [0.25, 0.3) is 12.2 Å². The Morgan fingerprint density at radius 1 is 0.609 bits per heavy atom. The lowest BCUT2D eigenvalue weighted by Crippen LogP contribution is -2.51. The molecule has 0 bridgehead atoms. The third-order valence-corrected chi connectivity index (χ3v) is 14.5. The molecule has 16 nitrogen and oxygen atoms in total. The van der Waals surface area contributed by atoms with Gasteiger partial charge in [-0.05, 0) is 90.0 Å². The number of piperidine rings is 2. The highest BCUT2D eigenvalue weighted by Crippen LogP contribution is 2.50. The molecule has 8 atom stereocenters. The first-order valence-electron chi connectivity index (χ1n) is 23.5. The molecule has 0 aliphatic carbocycles. The van der Waals surface area contributed by atoms with Crippen LogP contribution in [0.1, 0.15) is 101 Å². The molecule has 0 aromatic carbocycles. The molecule has 64 heavy (non-hydrogen) atoms. The summed E-state index contributed by atoms with van der Waals surface area (Å²) in [5, 5.41) is 26.5. The summed E-state index contributed by atoms with van der Waals surface area (Å²) in [5.41, 5.74) is 2.47. The minimum absolute atomic E-state index is 0.0993. The first-order chi connectivity index (χ1) is 30.9. The van der Waals surface area contributed by atoms with Crippen LogP contribution in [0.15, 0.2) is 46.0 Å². The number of hydrogen-bond donors (Lipinski definition) is 4. The molecule has 4 fully saturated rings. The van der Waals surface area contributed by atoms with Crippen LogP contribution in [0.5, 0.6) is 0 Å². The van der Waals surface area contributed by atoms with E-state index < -0.39 is 23.9 Å². The van der Waals surface area contributed by atoms with Gasteiger partial charge in [0.1, 0.15) is 12.1 Å². The van der Waals surface area contributed by atoms with Crippen LogP contribution in [0.2, 0.25) is 0 Å². The van der Waals surface area contributed by atoms with Gasteiger partial charge >= 0.3 is 0 Å². The van der Waals surface area contributed by atoms with Gasteiger partial charge in [0.05, 0.1) is 12.1 Å². The topological polar surface area (TPSA) is 190 Å². The van der Waals surface area contributed by atoms with Crippen molar-refractivity contribution in [2.75, 3.05) is 65.6 Å². The average molecular weight is 885 g/mol. The molecule has 2 aromatic heterocycles. The molecule has 0 spiro atoms. The second kappa shape index (κ2) is 20.9. The van der Waals surface area contributed by atoms with Crippen LogP contribution in [0.4, 0.5) is 0 Å². The number of hydrogen-bond acceptors (Lipinski definition) is 10. The van der Waals surface area contributed by atoms with Crippen molar-refractivity contribution in [3.63, 3.8) is 0 Å². The van der Waals surface area contributed by atoms with E-state index in [1.165, 1.54) is 52.4 Å². The normalized spacial score (nSPS) is 27.5. The quantitative estimate of drug-likeness (QED) is 0.246. The highest BCUT2D eigenvalue weighted by atomic mass is 16.3. The van der Waals surface area contributed by atoms with Crippen molar-refractivity contribution in [2.24, 2.45) is 23.7 Å². The maximum Gasteiger partial charge on any atom is 0.258 e. The lowest BCUT2D eigenvalue weighted by Gasteiger charge is -2.31. The summed E-state index contributed by atoms with van der Waals surface area (Å²) in [4.78, 5) is 85.6. The number of likely N-dealkylation sites (tertiary alicyclic amines) is 4. The number of carbonyl (C=O) groups is 4. The maximum absolute atomic E-state index is 13.2. The second-order valence-electron chi connectivity index (χ2n) is 18.3. The Kier molecular flexibility index (Phi) is 15.4. The number of allylic oxidation sites excluding steroid dienone is 2. The van der Waals surface area contributed by atoms with Crippen molar-refractivity contribution in [3.8, 4) is 0 Å². The fourth-order valence-corrected chi connectivity index (χ4v) is 11.6. The summed E-state index contributed by atoms with van der Waals surface area (Å²) in [6.07, 6.45) is 14.5. The molecule has 348 valence electrons. The average Bonchev–Trinajstić information content (AvgIpc) is 4.03. The fraction of sp³-hybridized carbons (Fsp3) is 0.625. The van der Waals surface area contributed by atoms with Crippen molar-refractivity contribution in [3.05, 3.63) is 79.6 Å². The number of aliphatic hydroxyl groups excluding tert-OH is 2. The van der Waals surface area contributed by atoms with Crippen LogP contribution in [-0.2, 0) is 32.3 Å². The van der Waals surface area contributed by atoms with Gasteiger partial charge in [-0.1, -0.05) is 37.1 Å². The summed E-state index contributed by atoms with van der Waals surface area (Å²) in [7, 11) is 0. The number of nitrogens with zero attached hydrogens (tertiary/aromatic N) is 6. The third-order valence-electron chi connectivity index (χ3n) is 14.5. The molecule has 0 saturated carbocycles. The molecule has 16 heteroatoms. The Morgan fingerprint density at radius 2 is 0.984 bits per heavy atom. The zero-order valence-electron chi connectivity index (χ0n) is 38.0. The number of aromatic nitrogens is 2. The van der Waals surface area contributed by atoms with E-state index in [1.807, 2.05) is 38.1 Å². The fourth-order valence-electron chi connectivity index (χ4n) is 11.6. The van der Waals surface area contributed by atoms with Crippen molar-refractivity contribution in [1.82, 2.24) is 39.4 Å². The summed E-state index contributed by atoms with van der Waals surface area (Å²) >= 11 is 0. The van der Waals surface area contributed by atoms with Gasteiger partial charge in [-0.3, -0.25) is 28.8 Å². The standard InChI is InChI=1S/2C24H34N4O4/c2*1-3-7-17-8-9-20-21-18(14-27(20)24(17)32)19(15-29)22(28(21)16(2)30)23(31)25-10-13-26-11-5-4-6-12-26/h2*3,7-9,18-19,21-22,29H,4-6,10-15H2,1-2H3,(H,25,31)/b7-3+;7-3-/t2*18-,19-,21+,22-/m00/s1. The van der Waals surface area contributed by atoms with Crippen LogP contribution < -0.4 is 21.8 Å². The maximum atomic E-state index is 13.2. The summed E-state index contributed by atoms with van der Waals surface area (Å²) in [6.45, 7) is 13.9. The van der Waals surface area contributed by atoms with Gasteiger partial charge in [0, 0.05) is 113 Å². The Bertz CT molecular complexity index is 2050. The molecule has 2 aromatic rings. The molecule has 4 saturated heterocycles. The number of fused-ring (bicyclic) bond motifs is 6. The van der Waals surface area contributed by atoms with Crippen molar-refractivity contribution < 1.29 is 29.4 Å². The molecule has 8 rings (SSSR count). The van der Waals surface area contributed by atoms with Gasteiger partial charge < -0.3 is 49.6 Å². The number of rotatable bonds is 12. The lowest BCUT2D eigenvalue weighted by molar-refractivity contribution is -0.140. The second-order valence-corrected chi connectivity index (χ2v) is 18.3. The van der Waals surface area contributed by atoms with E-state index in [2.05, 4.69) is 20.4 Å². The minimum Gasteiger partial charge on any atom is -0.396 e. The largest absolute Gasteiger partial charge is 0.396 e. The highest BCUT2D eigenvalue weighted by Gasteiger charge is 2.58. The van der Waals surface area contributed by atoms with Gasteiger partial charge in [-0.25, -0.2) is 0 Å². The van der Waals surface area contributed by atoms with Gasteiger partial charge in [-0.15, -0.1) is 0 Å². The molecule has 4 amide bonds. The molecule has 8 heterocycles. The van der Waals surface area contributed by atoms with Crippen LogP contribution in [-0.4, -0.2) is 140 Å². The Labute approximate surface area is 376 Å². The zero-order valence-corrected chi connectivity index (χ0v) is 38.0. The van der Waals surface area contributed by atoms with Crippen molar-refractivity contribution in [2.45, 2.75) is 103 Å². The molecule has 0 unspecified atom stereocenters. The van der Waals surface area contributed by atoms with E-state index in [1.54, 1.807) is 43.2 Å². The molecular formula is C48H68N8O8. The van der Waals surface area contributed by atoms with E-state index in [9.17, 15) is 39.0 Å². The Morgan fingerprint density at radius 3 is 1.31 bits per heavy atom. The van der Waals surface area contributed by atoms with Crippen molar-refractivity contribution in [1.29, 1.82) is 0 Å². The van der Waals surface area contributed by atoms with Gasteiger partial charge in [0.15, 0.2) is 0 Å². The molecule has 6 aliphatic heterocycles. The number of nitrogens with one attached hydrogen (secondary N) is 2. The zero-order chi connectivity index (χ0) is 45.7. The molecule has 6 aliphatic rings. The number of aliphatic hydroxyl groups is 2. The Balaban J connectivity index is 0.000000191. The van der Waals surface area contributed by atoms with Gasteiger partial charge in [-0.2, -0.15) is 0 Å². The molecule has 4 N–H and O–H groups in total. The predicted molar refractivity (Wildman–Crippen MR) is 244 cm³/mol. The minimum atomic E-state index is -0.729.